The number of ether oxygens (including phenoxy) is 1. The lowest BCUT2D eigenvalue weighted by Gasteiger charge is -2.11. The van der Waals surface area contributed by atoms with E-state index >= 15 is 0 Å². The summed E-state index contributed by atoms with van der Waals surface area (Å²) in [6.45, 7) is 6.64. The molecule has 0 saturated heterocycles. The molecule has 0 radical (unpaired) electrons. The van der Waals surface area contributed by atoms with Gasteiger partial charge in [-0.2, -0.15) is 0 Å². The molecule has 4 nitrogen and oxygen atoms in total. The lowest BCUT2D eigenvalue weighted by molar-refractivity contribution is -0.120. The first-order valence-corrected chi connectivity index (χ1v) is 5.93. The largest absolute Gasteiger partial charge is 0.495 e. The molecule has 0 aliphatic heterocycles. The lowest BCUT2D eigenvalue weighted by Crippen LogP contribution is -2.25. The van der Waals surface area contributed by atoms with Gasteiger partial charge in [0.15, 0.2) is 0 Å². The van der Waals surface area contributed by atoms with Gasteiger partial charge in [0.25, 0.3) is 0 Å². The molecule has 1 aromatic carbocycles. The van der Waals surface area contributed by atoms with Gasteiger partial charge in [-0.05, 0) is 24.6 Å². The van der Waals surface area contributed by atoms with Crippen molar-refractivity contribution in [1.29, 1.82) is 0 Å². The van der Waals surface area contributed by atoms with Gasteiger partial charge in [-0.15, -0.1) is 6.58 Å². The molecule has 0 atom stereocenters. The number of anilines is 1. The molecule has 0 aliphatic rings. The van der Waals surface area contributed by atoms with E-state index in [9.17, 15) is 4.79 Å². The molecule has 0 bridgehead atoms. The maximum absolute atomic E-state index is 11.4. The molecule has 0 aromatic heterocycles. The van der Waals surface area contributed by atoms with Crippen LogP contribution in [0.15, 0.2) is 30.9 Å². The number of benzene rings is 1. The Morgan fingerprint density at radius 2 is 2.28 bits per heavy atom. The van der Waals surface area contributed by atoms with Crippen molar-refractivity contribution in [3.8, 4) is 5.75 Å². The van der Waals surface area contributed by atoms with E-state index in [-0.39, 0.29) is 5.91 Å². The van der Waals surface area contributed by atoms with Gasteiger partial charge in [0.1, 0.15) is 5.75 Å². The van der Waals surface area contributed by atoms with Crippen molar-refractivity contribution in [2.24, 2.45) is 0 Å². The van der Waals surface area contributed by atoms with E-state index < -0.39 is 0 Å². The number of carbonyl (C=O) groups is 1. The number of methoxy groups -OCH3 is 1. The maximum Gasteiger partial charge on any atom is 0.222 e. The van der Waals surface area contributed by atoms with Crippen molar-refractivity contribution in [2.75, 3.05) is 25.5 Å². The standard InChI is InChI=1S/C14H20N2O2/c1-4-8-16-14(17)7-9-15-12-10-11(2)5-6-13(12)18-3/h4-6,10,15H,1,7-9H2,2-3H3,(H,16,17). The molecule has 4 heteroatoms. The van der Waals surface area contributed by atoms with Gasteiger partial charge in [0.2, 0.25) is 5.91 Å². The van der Waals surface area contributed by atoms with Gasteiger partial charge >= 0.3 is 0 Å². The van der Waals surface area contributed by atoms with Gasteiger partial charge in [0.05, 0.1) is 12.8 Å². The van der Waals surface area contributed by atoms with Crippen LogP contribution < -0.4 is 15.4 Å². The zero-order chi connectivity index (χ0) is 13.4. The molecule has 1 aromatic rings. The van der Waals surface area contributed by atoms with Crippen LogP contribution in [0.25, 0.3) is 0 Å². The number of carbonyl (C=O) groups excluding carboxylic acids is 1. The highest BCUT2D eigenvalue weighted by atomic mass is 16.5. The highest BCUT2D eigenvalue weighted by Crippen LogP contribution is 2.24. The fraction of sp³-hybridized carbons (Fsp3) is 0.357. The average molecular weight is 248 g/mol. The summed E-state index contributed by atoms with van der Waals surface area (Å²) in [6, 6.07) is 5.90. The summed E-state index contributed by atoms with van der Waals surface area (Å²) in [5.74, 6) is 0.793. The fourth-order valence-corrected chi connectivity index (χ4v) is 1.55. The molecule has 0 fully saturated rings. The summed E-state index contributed by atoms with van der Waals surface area (Å²) in [5.41, 5.74) is 2.06. The Bertz CT molecular complexity index is 416. The van der Waals surface area contributed by atoms with Crippen molar-refractivity contribution >= 4 is 11.6 Å². The molecular formula is C14H20N2O2. The van der Waals surface area contributed by atoms with E-state index in [0.29, 0.717) is 19.5 Å². The fourth-order valence-electron chi connectivity index (χ4n) is 1.55. The normalized spacial score (nSPS) is 9.67. The summed E-state index contributed by atoms with van der Waals surface area (Å²) in [7, 11) is 1.63. The van der Waals surface area contributed by atoms with Gasteiger partial charge in [0, 0.05) is 19.5 Å². The molecule has 0 heterocycles. The predicted octanol–water partition coefficient (Wildman–Crippen LogP) is 2.11. The number of hydrogen-bond acceptors (Lipinski definition) is 3. The molecule has 2 N–H and O–H groups in total. The van der Waals surface area contributed by atoms with E-state index in [1.54, 1.807) is 13.2 Å². The van der Waals surface area contributed by atoms with Gasteiger partial charge in [-0.1, -0.05) is 12.1 Å². The first-order valence-electron chi connectivity index (χ1n) is 5.93. The number of hydrogen-bond donors (Lipinski definition) is 2. The van der Waals surface area contributed by atoms with Crippen LogP contribution in [0.5, 0.6) is 5.75 Å². The molecule has 1 rings (SSSR count). The molecule has 0 spiro atoms. The Morgan fingerprint density at radius 1 is 1.50 bits per heavy atom. The molecule has 98 valence electrons. The summed E-state index contributed by atoms with van der Waals surface area (Å²) < 4.78 is 5.25. The Labute approximate surface area is 108 Å². The second-order valence-electron chi connectivity index (χ2n) is 3.97. The average Bonchev–Trinajstić information content (AvgIpc) is 2.36. The van der Waals surface area contributed by atoms with E-state index in [4.69, 9.17) is 4.74 Å². The van der Waals surface area contributed by atoms with Crippen LogP contribution in [0.2, 0.25) is 0 Å². The molecule has 18 heavy (non-hydrogen) atoms. The first-order chi connectivity index (χ1) is 8.67. The Balaban J connectivity index is 2.45. The molecule has 0 aliphatic carbocycles. The molecule has 0 unspecified atom stereocenters. The minimum absolute atomic E-state index is 0.00835. The Kier molecular flexibility index (Phi) is 5.77. The Hall–Kier alpha value is -1.97. The van der Waals surface area contributed by atoms with Crippen LogP contribution in [0.4, 0.5) is 5.69 Å². The van der Waals surface area contributed by atoms with E-state index in [2.05, 4.69) is 17.2 Å². The number of amides is 1. The highest BCUT2D eigenvalue weighted by Gasteiger charge is 2.04. The van der Waals surface area contributed by atoms with Crippen molar-refractivity contribution in [2.45, 2.75) is 13.3 Å². The SMILES string of the molecule is C=CCNC(=O)CCNc1cc(C)ccc1OC. The zero-order valence-corrected chi connectivity index (χ0v) is 11.0. The quantitative estimate of drug-likeness (QED) is 0.727. The monoisotopic (exact) mass is 248 g/mol. The topological polar surface area (TPSA) is 50.4 Å². The van der Waals surface area contributed by atoms with Crippen LogP contribution in [0.1, 0.15) is 12.0 Å². The first kappa shape index (κ1) is 14.1. The van der Waals surface area contributed by atoms with Crippen LogP contribution in [0.3, 0.4) is 0 Å². The highest BCUT2D eigenvalue weighted by molar-refractivity contribution is 5.76. The van der Waals surface area contributed by atoms with Gasteiger partial charge in [-0.3, -0.25) is 4.79 Å². The molecule has 1 amide bonds. The number of aryl methyl sites for hydroxylation is 1. The second kappa shape index (κ2) is 7.37. The summed E-state index contributed by atoms with van der Waals surface area (Å²) in [6.07, 6.45) is 2.08. The van der Waals surface area contributed by atoms with E-state index in [0.717, 1.165) is 17.0 Å². The van der Waals surface area contributed by atoms with E-state index in [1.807, 2.05) is 25.1 Å². The smallest absolute Gasteiger partial charge is 0.222 e. The summed E-state index contributed by atoms with van der Waals surface area (Å²) in [5, 5.41) is 5.93. The van der Waals surface area contributed by atoms with Crippen LogP contribution in [-0.4, -0.2) is 26.1 Å². The van der Waals surface area contributed by atoms with Gasteiger partial charge in [-0.25, -0.2) is 0 Å². The third kappa shape index (κ3) is 4.49. The maximum atomic E-state index is 11.4. The van der Waals surface area contributed by atoms with Crippen LogP contribution in [-0.2, 0) is 4.79 Å². The van der Waals surface area contributed by atoms with Crippen molar-refractivity contribution in [1.82, 2.24) is 5.32 Å². The van der Waals surface area contributed by atoms with Crippen molar-refractivity contribution < 1.29 is 9.53 Å². The van der Waals surface area contributed by atoms with Crippen LogP contribution in [0, 0.1) is 6.92 Å². The van der Waals surface area contributed by atoms with Crippen LogP contribution >= 0.6 is 0 Å². The lowest BCUT2D eigenvalue weighted by atomic mass is 10.2. The minimum atomic E-state index is 0.00835. The minimum Gasteiger partial charge on any atom is -0.495 e. The van der Waals surface area contributed by atoms with E-state index in [1.165, 1.54) is 0 Å². The molecule has 0 saturated carbocycles. The number of rotatable bonds is 7. The molecular weight excluding hydrogens is 228 g/mol. The van der Waals surface area contributed by atoms with Crippen molar-refractivity contribution in [3.05, 3.63) is 36.4 Å². The third-order valence-corrected chi connectivity index (χ3v) is 2.47. The zero-order valence-electron chi connectivity index (χ0n) is 11.0. The number of nitrogens with one attached hydrogen (secondary N) is 2. The Morgan fingerprint density at radius 3 is 2.94 bits per heavy atom. The summed E-state index contributed by atoms with van der Waals surface area (Å²) >= 11 is 0. The van der Waals surface area contributed by atoms with Gasteiger partial charge < -0.3 is 15.4 Å². The predicted molar refractivity (Wildman–Crippen MR) is 74.0 cm³/mol. The summed E-state index contributed by atoms with van der Waals surface area (Å²) in [4.78, 5) is 11.4. The van der Waals surface area contributed by atoms with Crippen molar-refractivity contribution in [3.63, 3.8) is 0 Å². The second-order valence-corrected chi connectivity index (χ2v) is 3.97. The third-order valence-electron chi connectivity index (χ3n) is 2.47.